The van der Waals surface area contributed by atoms with Gasteiger partial charge in [-0.05, 0) is 44.9 Å². The summed E-state index contributed by atoms with van der Waals surface area (Å²) in [6.07, 6.45) is 4.15. The van der Waals surface area contributed by atoms with E-state index in [-0.39, 0.29) is 0 Å². The van der Waals surface area contributed by atoms with Crippen LogP contribution in [0.15, 0.2) is 30.0 Å². The van der Waals surface area contributed by atoms with Crippen molar-refractivity contribution in [2.24, 2.45) is 0 Å². The van der Waals surface area contributed by atoms with Crippen LogP contribution >= 0.6 is 11.6 Å². The fourth-order valence-electron chi connectivity index (χ4n) is 2.35. The first-order valence-corrected chi connectivity index (χ1v) is 9.18. The van der Waals surface area contributed by atoms with E-state index in [1.54, 1.807) is 6.26 Å². The lowest BCUT2D eigenvalue weighted by molar-refractivity contribution is 0.219. The van der Waals surface area contributed by atoms with E-state index in [0.29, 0.717) is 17.2 Å². The number of halogens is 1. The molecule has 5 heteroatoms. The van der Waals surface area contributed by atoms with Gasteiger partial charge in [-0.2, -0.15) is 0 Å². The van der Waals surface area contributed by atoms with Crippen LogP contribution in [0, 0.1) is 0 Å². The Morgan fingerprint density at radius 1 is 1.29 bits per heavy atom. The van der Waals surface area contributed by atoms with Gasteiger partial charge < -0.3 is 20.1 Å². The average Bonchev–Trinajstić information content (AvgIpc) is 2.58. The zero-order valence-electron chi connectivity index (χ0n) is 15.3. The highest BCUT2D eigenvalue weighted by Gasteiger charge is 2.12. The maximum Gasteiger partial charge on any atom is 0.149 e. The van der Waals surface area contributed by atoms with Crippen LogP contribution in [0.4, 0.5) is 11.4 Å². The van der Waals surface area contributed by atoms with E-state index in [9.17, 15) is 5.11 Å². The maximum atomic E-state index is 10.3. The van der Waals surface area contributed by atoms with Gasteiger partial charge in [0.15, 0.2) is 0 Å². The Bertz CT molecular complexity index is 520. The second kappa shape index (κ2) is 11.2. The van der Waals surface area contributed by atoms with Gasteiger partial charge in [0, 0.05) is 24.4 Å². The van der Waals surface area contributed by atoms with E-state index in [0.717, 1.165) is 37.3 Å². The number of ether oxygens (including phenoxy) is 1. The van der Waals surface area contributed by atoms with Gasteiger partial charge in [0.1, 0.15) is 6.23 Å². The monoisotopic (exact) mass is 354 g/mol. The molecule has 0 aliphatic heterocycles. The standard InChI is InChI=1S/C19H31ClN2O2/c1-5-8-12-22(11-6-2)16-9-10-17(20)18(13-16)21-19(23)15(4)14-24-7-3/h9-10,13-14,19,21,23H,5-8,11-12H2,1-4H3/b15-14+. The van der Waals surface area contributed by atoms with E-state index in [1.807, 2.05) is 32.0 Å². The molecule has 0 saturated heterocycles. The Kier molecular flexibility index (Phi) is 9.65. The highest BCUT2D eigenvalue weighted by molar-refractivity contribution is 6.33. The smallest absolute Gasteiger partial charge is 0.149 e. The number of nitrogens with one attached hydrogen (secondary N) is 1. The zero-order chi connectivity index (χ0) is 17.9. The quantitative estimate of drug-likeness (QED) is 0.432. The van der Waals surface area contributed by atoms with Gasteiger partial charge in [0.2, 0.25) is 0 Å². The van der Waals surface area contributed by atoms with Gasteiger partial charge in [-0.25, -0.2) is 0 Å². The molecule has 0 aliphatic carbocycles. The highest BCUT2D eigenvalue weighted by atomic mass is 35.5. The molecule has 0 heterocycles. The lowest BCUT2D eigenvalue weighted by Crippen LogP contribution is -2.26. The number of unbranched alkanes of at least 4 members (excludes halogenated alkanes) is 1. The number of rotatable bonds is 11. The molecule has 1 aromatic carbocycles. The Labute approximate surface area is 151 Å². The molecular weight excluding hydrogens is 324 g/mol. The molecule has 1 aromatic rings. The number of aliphatic hydroxyl groups excluding tert-OH is 1. The fraction of sp³-hybridized carbons (Fsp3) is 0.579. The third kappa shape index (κ3) is 6.62. The molecule has 2 N–H and O–H groups in total. The lowest BCUT2D eigenvalue weighted by Gasteiger charge is -2.26. The summed E-state index contributed by atoms with van der Waals surface area (Å²) in [7, 11) is 0. The van der Waals surface area contributed by atoms with Crippen molar-refractivity contribution in [1.82, 2.24) is 0 Å². The van der Waals surface area contributed by atoms with Gasteiger partial charge >= 0.3 is 0 Å². The van der Waals surface area contributed by atoms with Crippen LogP contribution in [-0.4, -0.2) is 31.0 Å². The molecule has 24 heavy (non-hydrogen) atoms. The minimum atomic E-state index is -0.834. The highest BCUT2D eigenvalue weighted by Crippen LogP contribution is 2.29. The van der Waals surface area contributed by atoms with Gasteiger partial charge in [0.25, 0.3) is 0 Å². The molecule has 0 amide bonds. The Balaban J connectivity index is 2.91. The molecule has 0 aliphatic rings. The Hall–Kier alpha value is -1.39. The van der Waals surface area contributed by atoms with Gasteiger partial charge in [-0.3, -0.25) is 0 Å². The third-order valence-corrected chi connectivity index (χ3v) is 4.08. The number of hydrogen-bond acceptors (Lipinski definition) is 4. The second-order valence-corrected chi connectivity index (χ2v) is 6.28. The first-order valence-electron chi connectivity index (χ1n) is 8.80. The Morgan fingerprint density at radius 3 is 2.67 bits per heavy atom. The van der Waals surface area contributed by atoms with Gasteiger partial charge in [-0.15, -0.1) is 0 Å². The summed E-state index contributed by atoms with van der Waals surface area (Å²) in [6.45, 7) is 10.7. The van der Waals surface area contributed by atoms with Crippen molar-refractivity contribution in [3.63, 3.8) is 0 Å². The van der Waals surface area contributed by atoms with E-state index < -0.39 is 6.23 Å². The van der Waals surface area contributed by atoms with Crippen LogP contribution in [0.3, 0.4) is 0 Å². The summed E-state index contributed by atoms with van der Waals surface area (Å²) >= 11 is 6.29. The molecule has 0 radical (unpaired) electrons. The molecule has 1 rings (SSSR count). The third-order valence-electron chi connectivity index (χ3n) is 3.75. The second-order valence-electron chi connectivity index (χ2n) is 5.87. The van der Waals surface area contributed by atoms with Gasteiger partial charge in [0.05, 0.1) is 23.6 Å². The van der Waals surface area contributed by atoms with Crippen LogP contribution < -0.4 is 10.2 Å². The van der Waals surface area contributed by atoms with Crippen molar-refractivity contribution >= 4 is 23.0 Å². The normalized spacial score (nSPS) is 12.8. The molecule has 0 bridgehead atoms. The summed E-state index contributed by atoms with van der Waals surface area (Å²) in [4.78, 5) is 2.36. The first-order chi connectivity index (χ1) is 11.5. The van der Waals surface area contributed by atoms with Crippen LogP contribution in [0.5, 0.6) is 0 Å². The SMILES string of the molecule is CCCCN(CCC)c1ccc(Cl)c(NC(O)/C(C)=C/OCC)c1. The molecule has 4 nitrogen and oxygen atoms in total. The molecule has 1 unspecified atom stereocenters. The van der Waals surface area contributed by atoms with Crippen molar-refractivity contribution in [1.29, 1.82) is 0 Å². The lowest BCUT2D eigenvalue weighted by atomic mass is 10.2. The number of benzene rings is 1. The minimum absolute atomic E-state index is 0.573. The average molecular weight is 355 g/mol. The van der Waals surface area contributed by atoms with Crippen LogP contribution in [0.25, 0.3) is 0 Å². The van der Waals surface area contributed by atoms with Crippen LogP contribution in [0.2, 0.25) is 5.02 Å². The van der Waals surface area contributed by atoms with Crippen molar-refractivity contribution in [2.75, 3.05) is 29.9 Å². The number of nitrogens with zero attached hydrogens (tertiary/aromatic N) is 1. The van der Waals surface area contributed by atoms with Gasteiger partial charge in [-0.1, -0.05) is 31.9 Å². The summed E-state index contributed by atoms with van der Waals surface area (Å²) in [5.41, 5.74) is 2.55. The molecule has 0 spiro atoms. The predicted molar refractivity (Wildman–Crippen MR) is 104 cm³/mol. The number of hydrogen-bond donors (Lipinski definition) is 2. The summed E-state index contributed by atoms with van der Waals surface area (Å²) in [6, 6.07) is 5.92. The molecule has 0 saturated carbocycles. The number of aliphatic hydroxyl groups is 1. The van der Waals surface area contributed by atoms with Crippen LogP contribution in [0.1, 0.15) is 47.0 Å². The first kappa shape index (κ1) is 20.7. The molecule has 1 atom stereocenters. The summed E-state index contributed by atoms with van der Waals surface area (Å²) in [5.74, 6) is 0. The molecule has 0 aromatic heterocycles. The van der Waals surface area contributed by atoms with E-state index in [1.165, 1.54) is 6.42 Å². The van der Waals surface area contributed by atoms with Crippen molar-refractivity contribution in [3.8, 4) is 0 Å². The van der Waals surface area contributed by atoms with Crippen LogP contribution in [-0.2, 0) is 4.74 Å². The summed E-state index contributed by atoms with van der Waals surface area (Å²) in [5, 5.41) is 13.9. The van der Waals surface area contributed by atoms with Crippen molar-refractivity contribution < 1.29 is 9.84 Å². The zero-order valence-corrected chi connectivity index (χ0v) is 16.1. The van der Waals surface area contributed by atoms with Crippen molar-refractivity contribution in [2.45, 2.75) is 53.2 Å². The number of anilines is 2. The van der Waals surface area contributed by atoms with E-state index in [2.05, 4.69) is 24.1 Å². The topological polar surface area (TPSA) is 44.7 Å². The minimum Gasteiger partial charge on any atom is -0.501 e. The summed E-state index contributed by atoms with van der Waals surface area (Å²) < 4.78 is 5.22. The molecule has 136 valence electrons. The van der Waals surface area contributed by atoms with Crippen molar-refractivity contribution in [3.05, 3.63) is 35.1 Å². The Morgan fingerprint density at radius 2 is 2.04 bits per heavy atom. The van der Waals surface area contributed by atoms with E-state index in [4.69, 9.17) is 16.3 Å². The fourth-order valence-corrected chi connectivity index (χ4v) is 2.52. The largest absolute Gasteiger partial charge is 0.501 e. The molecule has 0 fully saturated rings. The maximum absolute atomic E-state index is 10.3. The predicted octanol–water partition coefficient (Wildman–Crippen LogP) is 5.03. The van der Waals surface area contributed by atoms with E-state index >= 15 is 0 Å². The molecular formula is C19H31ClN2O2.